The second-order valence-corrected chi connectivity index (χ2v) is 7.23. The molecule has 1 N–H and O–H groups in total. The number of nitrogens with one attached hydrogen (secondary N) is 1. The van der Waals surface area contributed by atoms with E-state index in [1.807, 2.05) is 6.92 Å². The van der Waals surface area contributed by atoms with Crippen LogP contribution >= 0.6 is 15.9 Å². The van der Waals surface area contributed by atoms with E-state index in [1.54, 1.807) is 24.3 Å². The van der Waals surface area contributed by atoms with E-state index < -0.39 is 10.0 Å². The van der Waals surface area contributed by atoms with Crippen molar-refractivity contribution in [1.82, 2.24) is 5.32 Å². The van der Waals surface area contributed by atoms with E-state index in [2.05, 4.69) is 21.2 Å². The Morgan fingerprint density at radius 1 is 1.30 bits per heavy atom. The van der Waals surface area contributed by atoms with Crippen LogP contribution in [0.25, 0.3) is 0 Å². The summed E-state index contributed by atoms with van der Waals surface area (Å²) in [6.45, 7) is 2.71. The van der Waals surface area contributed by atoms with Crippen LogP contribution in [0, 0.1) is 0 Å². The van der Waals surface area contributed by atoms with Gasteiger partial charge in [0, 0.05) is 24.0 Å². The molecule has 0 aliphatic rings. The Labute approximate surface area is 128 Å². The molecule has 1 amide bonds. The molecule has 0 aliphatic heterocycles. The normalized spacial score (nSPS) is 11.2. The van der Waals surface area contributed by atoms with Crippen LogP contribution in [0.15, 0.2) is 28.7 Å². The van der Waals surface area contributed by atoms with Crippen molar-refractivity contribution in [3.63, 3.8) is 0 Å². The van der Waals surface area contributed by atoms with Crippen molar-refractivity contribution < 1.29 is 13.2 Å². The molecule has 0 saturated heterocycles. The Balaban J connectivity index is 2.77. The average molecular weight is 363 g/mol. The zero-order chi connectivity index (χ0) is 15.2. The molecule has 0 fully saturated rings. The maximum atomic E-state index is 11.8. The summed E-state index contributed by atoms with van der Waals surface area (Å²) in [5, 5.41) is 2.73. The number of amides is 1. The fraction of sp³-hybridized carbons (Fsp3) is 0.462. The highest BCUT2D eigenvalue weighted by Gasteiger charge is 2.18. The highest BCUT2D eigenvalue weighted by Crippen LogP contribution is 2.20. The van der Waals surface area contributed by atoms with Crippen molar-refractivity contribution in [2.45, 2.75) is 19.8 Å². The number of hydrogen-bond acceptors (Lipinski definition) is 3. The van der Waals surface area contributed by atoms with Crippen molar-refractivity contribution in [3.05, 3.63) is 28.7 Å². The average Bonchev–Trinajstić information content (AvgIpc) is 2.37. The van der Waals surface area contributed by atoms with E-state index in [1.165, 1.54) is 4.31 Å². The number of benzene rings is 1. The molecule has 1 aromatic rings. The first-order valence-corrected chi connectivity index (χ1v) is 8.98. The first-order valence-electron chi connectivity index (χ1n) is 6.34. The van der Waals surface area contributed by atoms with Crippen LogP contribution in [0.3, 0.4) is 0 Å². The second kappa shape index (κ2) is 7.64. The topological polar surface area (TPSA) is 66.5 Å². The molecule has 0 saturated carbocycles. The molecule has 7 heteroatoms. The molecule has 0 aromatic heterocycles. The summed E-state index contributed by atoms with van der Waals surface area (Å²) < 4.78 is 25.8. The van der Waals surface area contributed by atoms with Crippen molar-refractivity contribution in [3.8, 4) is 0 Å². The summed E-state index contributed by atoms with van der Waals surface area (Å²) in [6, 6.07) is 6.94. The minimum absolute atomic E-state index is 0.135. The number of halogens is 1. The lowest BCUT2D eigenvalue weighted by atomic mass is 10.3. The molecular weight excluding hydrogens is 344 g/mol. The van der Waals surface area contributed by atoms with Gasteiger partial charge in [-0.25, -0.2) is 8.42 Å². The summed E-state index contributed by atoms with van der Waals surface area (Å²) >= 11 is 3.30. The predicted molar refractivity (Wildman–Crippen MR) is 84.2 cm³/mol. The van der Waals surface area contributed by atoms with Gasteiger partial charge in [-0.1, -0.05) is 22.9 Å². The lowest BCUT2D eigenvalue weighted by Gasteiger charge is -2.22. The molecule has 0 atom stereocenters. The van der Waals surface area contributed by atoms with E-state index in [4.69, 9.17) is 0 Å². The standard InChI is InChI=1S/C13H19BrN2O3S/c1-3-9-15-13(17)8-10-16(20(2,18)19)12-6-4-11(14)5-7-12/h4-7H,3,8-10H2,1-2H3,(H,15,17). The Morgan fingerprint density at radius 2 is 1.90 bits per heavy atom. The van der Waals surface area contributed by atoms with Crippen molar-refractivity contribution >= 4 is 37.5 Å². The smallest absolute Gasteiger partial charge is 0.232 e. The van der Waals surface area contributed by atoms with Crippen molar-refractivity contribution in [2.24, 2.45) is 0 Å². The first kappa shape index (κ1) is 17.0. The summed E-state index contributed by atoms with van der Waals surface area (Å²) in [4.78, 5) is 11.6. The van der Waals surface area contributed by atoms with Crippen LogP contribution in [-0.2, 0) is 14.8 Å². The minimum atomic E-state index is -3.41. The van der Waals surface area contributed by atoms with Gasteiger partial charge in [0.25, 0.3) is 0 Å². The molecule has 0 heterocycles. The molecule has 5 nitrogen and oxygen atoms in total. The molecule has 20 heavy (non-hydrogen) atoms. The molecular formula is C13H19BrN2O3S. The fourth-order valence-corrected chi connectivity index (χ4v) is 2.84. The summed E-state index contributed by atoms with van der Waals surface area (Å²) in [5.41, 5.74) is 0.555. The highest BCUT2D eigenvalue weighted by atomic mass is 79.9. The second-order valence-electron chi connectivity index (χ2n) is 4.41. The Morgan fingerprint density at radius 3 is 2.40 bits per heavy atom. The van der Waals surface area contributed by atoms with E-state index in [0.717, 1.165) is 17.1 Å². The van der Waals surface area contributed by atoms with Gasteiger partial charge < -0.3 is 5.32 Å². The van der Waals surface area contributed by atoms with Gasteiger partial charge in [0.1, 0.15) is 0 Å². The van der Waals surface area contributed by atoms with E-state index in [0.29, 0.717) is 12.2 Å². The molecule has 0 aliphatic carbocycles. The van der Waals surface area contributed by atoms with Crippen molar-refractivity contribution in [1.29, 1.82) is 0 Å². The third kappa shape index (κ3) is 5.50. The van der Waals surface area contributed by atoms with Gasteiger partial charge in [0.2, 0.25) is 15.9 Å². The molecule has 0 radical (unpaired) electrons. The van der Waals surface area contributed by atoms with Crippen LogP contribution in [0.4, 0.5) is 5.69 Å². The van der Waals surface area contributed by atoms with E-state index in [9.17, 15) is 13.2 Å². The number of nitrogens with zero attached hydrogens (tertiary/aromatic N) is 1. The Kier molecular flexibility index (Phi) is 6.48. The van der Waals surface area contributed by atoms with E-state index in [-0.39, 0.29) is 18.9 Å². The van der Waals surface area contributed by atoms with E-state index >= 15 is 0 Å². The molecule has 112 valence electrons. The lowest BCUT2D eigenvalue weighted by molar-refractivity contribution is -0.120. The van der Waals surface area contributed by atoms with Gasteiger partial charge in [-0.15, -0.1) is 0 Å². The van der Waals surface area contributed by atoms with Gasteiger partial charge >= 0.3 is 0 Å². The Bertz CT molecular complexity index is 543. The zero-order valence-corrected chi connectivity index (χ0v) is 14.0. The van der Waals surface area contributed by atoms with Crippen LogP contribution in [0.5, 0.6) is 0 Å². The van der Waals surface area contributed by atoms with Gasteiger partial charge in [-0.05, 0) is 30.7 Å². The maximum Gasteiger partial charge on any atom is 0.232 e. The summed E-state index contributed by atoms with van der Waals surface area (Å²) in [6.07, 6.45) is 2.14. The number of carbonyl (C=O) groups is 1. The monoisotopic (exact) mass is 362 g/mol. The molecule has 0 bridgehead atoms. The summed E-state index contributed by atoms with van der Waals surface area (Å²) in [5.74, 6) is -0.141. The molecule has 1 rings (SSSR count). The third-order valence-corrected chi connectivity index (χ3v) is 4.35. The SMILES string of the molecule is CCCNC(=O)CCN(c1ccc(Br)cc1)S(C)(=O)=O. The largest absolute Gasteiger partial charge is 0.356 e. The highest BCUT2D eigenvalue weighted by molar-refractivity contribution is 9.10. The van der Waals surface area contributed by atoms with Gasteiger partial charge in [0.15, 0.2) is 0 Å². The number of hydrogen-bond donors (Lipinski definition) is 1. The summed E-state index contributed by atoms with van der Waals surface area (Å²) in [7, 11) is -3.41. The maximum absolute atomic E-state index is 11.8. The van der Waals surface area contributed by atoms with Crippen LogP contribution < -0.4 is 9.62 Å². The number of rotatable bonds is 7. The van der Waals surface area contributed by atoms with Crippen molar-refractivity contribution in [2.75, 3.05) is 23.7 Å². The number of sulfonamides is 1. The third-order valence-electron chi connectivity index (χ3n) is 2.63. The van der Waals surface area contributed by atoms with Crippen LogP contribution in [0.1, 0.15) is 19.8 Å². The molecule has 1 aromatic carbocycles. The minimum Gasteiger partial charge on any atom is -0.356 e. The van der Waals surface area contributed by atoms with Gasteiger partial charge in [0.05, 0.1) is 11.9 Å². The first-order chi connectivity index (χ1) is 9.34. The van der Waals surface area contributed by atoms with Gasteiger partial charge in [-0.2, -0.15) is 0 Å². The fourth-order valence-electron chi connectivity index (χ4n) is 1.65. The lowest BCUT2D eigenvalue weighted by Crippen LogP contribution is -2.34. The van der Waals surface area contributed by atoms with Crippen LogP contribution in [-0.4, -0.2) is 33.7 Å². The molecule has 0 spiro atoms. The Hall–Kier alpha value is -1.08. The molecule has 0 unspecified atom stereocenters. The van der Waals surface area contributed by atoms with Crippen LogP contribution in [0.2, 0.25) is 0 Å². The quantitative estimate of drug-likeness (QED) is 0.807. The number of carbonyl (C=O) groups excluding carboxylic acids is 1. The zero-order valence-electron chi connectivity index (χ0n) is 11.6. The van der Waals surface area contributed by atoms with Gasteiger partial charge in [-0.3, -0.25) is 9.10 Å². The predicted octanol–water partition coefficient (Wildman–Crippen LogP) is 2.13. The number of anilines is 1.